The maximum Gasteiger partial charge on any atom is 0.255 e. The largest absolute Gasteiger partial charge is 0.495 e. The predicted molar refractivity (Wildman–Crippen MR) is 99.8 cm³/mol. The molecule has 0 saturated heterocycles. The van der Waals surface area contributed by atoms with Gasteiger partial charge < -0.3 is 15.0 Å². The van der Waals surface area contributed by atoms with Crippen LogP contribution in [0.2, 0.25) is 10.0 Å². The van der Waals surface area contributed by atoms with Crippen molar-refractivity contribution in [1.29, 1.82) is 0 Å². The Balaban J connectivity index is 2.12. The van der Waals surface area contributed by atoms with E-state index in [1.807, 2.05) is 0 Å². The molecule has 0 aromatic heterocycles. The van der Waals surface area contributed by atoms with E-state index in [2.05, 4.69) is 5.32 Å². The van der Waals surface area contributed by atoms with Gasteiger partial charge in [-0.2, -0.15) is 0 Å². The van der Waals surface area contributed by atoms with Gasteiger partial charge >= 0.3 is 0 Å². The quantitative estimate of drug-likeness (QED) is 0.801. The molecule has 26 heavy (non-hydrogen) atoms. The van der Waals surface area contributed by atoms with Gasteiger partial charge in [-0.05, 0) is 30.3 Å². The monoisotopic (exact) mass is 398 g/mol. The molecule has 0 atom stereocenters. The summed E-state index contributed by atoms with van der Waals surface area (Å²) in [6, 6.07) is 8.88. The molecule has 0 aliphatic heterocycles. The summed E-state index contributed by atoms with van der Waals surface area (Å²) in [5.41, 5.74) is 0.245. The molecule has 138 valence electrons. The highest BCUT2D eigenvalue weighted by atomic mass is 35.5. The van der Waals surface area contributed by atoms with Crippen LogP contribution in [-0.2, 0) is 4.79 Å². The summed E-state index contributed by atoms with van der Waals surface area (Å²) in [7, 11) is 1.48. The molecule has 0 radical (unpaired) electrons. The van der Waals surface area contributed by atoms with Crippen molar-refractivity contribution in [2.24, 2.45) is 0 Å². The number of benzene rings is 2. The SMILES string of the molecule is COc1ccc(Cl)cc1N(CCNC(=O)c1c(F)cccc1Cl)C(C)=O. The fourth-order valence-corrected chi connectivity index (χ4v) is 2.82. The lowest BCUT2D eigenvalue weighted by Crippen LogP contribution is -2.38. The maximum atomic E-state index is 13.8. The first-order valence-corrected chi connectivity index (χ1v) is 8.44. The fourth-order valence-electron chi connectivity index (χ4n) is 2.41. The number of carbonyl (C=O) groups excluding carboxylic acids is 2. The molecule has 0 spiro atoms. The van der Waals surface area contributed by atoms with E-state index in [0.717, 1.165) is 6.07 Å². The van der Waals surface area contributed by atoms with Gasteiger partial charge in [-0.25, -0.2) is 4.39 Å². The van der Waals surface area contributed by atoms with Gasteiger partial charge in [0, 0.05) is 25.0 Å². The number of rotatable bonds is 6. The molecule has 2 amide bonds. The molecule has 0 saturated carbocycles. The second kappa shape index (κ2) is 8.87. The third kappa shape index (κ3) is 4.65. The molecule has 2 aromatic rings. The minimum absolute atomic E-state index is 0.0161. The molecule has 0 unspecified atom stereocenters. The number of ether oxygens (including phenoxy) is 1. The third-order valence-electron chi connectivity index (χ3n) is 3.62. The molecule has 0 bridgehead atoms. The van der Waals surface area contributed by atoms with E-state index in [-0.39, 0.29) is 29.6 Å². The number of hydrogen-bond donors (Lipinski definition) is 1. The first-order valence-electron chi connectivity index (χ1n) is 7.69. The van der Waals surface area contributed by atoms with Crippen LogP contribution in [0.15, 0.2) is 36.4 Å². The molecule has 8 heteroatoms. The molecular weight excluding hydrogens is 382 g/mol. The van der Waals surface area contributed by atoms with Gasteiger partial charge in [0.05, 0.1) is 23.4 Å². The predicted octanol–water partition coefficient (Wildman–Crippen LogP) is 3.92. The number of halogens is 3. The van der Waals surface area contributed by atoms with Crippen molar-refractivity contribution in [3.05, 3.63) is 57.8 Å². The Kier molecular flexibility index (Phi) is 6.83. The summed E-state index contributed by atoms with van der Waals surface area (Å²) in [6.45, 7) is 1.61. The Morgan fingerprint density at radius 2 is 1.96 bits per heavy atom. The molecule has 1 N–H and O–H groups in total. The average molecular weight is 399 g/mol. The number of amides is 2. The minimum atomic E-state index is -0.713. The van der Waals surface area contributed by atoms with Crippen molar-refractivity contribution < 1.29 is 18.7 Å². The normalized spacial score (nSPS) is 10.3. The standard InChI is InChI=1S/C18H17Cl2FN2O3/c1-11(24)23(15-10-12(19)6-7-16(15)26-2)9-8-22-18(25)17-13(20)4-3-5-14(17)21/h3-7,10H,8-9H2,1-2H3,(H,22,25). The lowest BCUT2D eigenvalue weighted by atomic mass is 10.2. The van der Waals surface area contributed by atoms with Crippen LogP contribution in [0.5, 0.6) is 5.75 Å². The lowest BCUT2D eigenvalue weighted by Gasteiger charge is -2.23. The second-order valence-corrected chi connectivity index (χ2v) is 6.18. The van der Waals surface area contributed by atoms with Gasteiger partial charge in [-0.15, -0.1) is 0 Å². The van der Waals surface area contributed by atoms with Crippen LogP contribution in [0.1, 0.15) is 17.3 Å². The van der Waals surface area contributed by atoms with Gasteiger partial charge in [0.25, 0.3) is 5.91 Å². The van der Waals surface area contributed by atoms with Crippen molar-refractivity contribution in [3.63, 3.8) is 0 Å². The van der Waals surface area contributed by atoms with E-state index in [1.54, 1.807) is 18.2 Å². The summed E-state index contributed by atoms with van der Waals surface area (Å²) < 4.78 is 19.0. The van der Waals surface area contributed by atoms with Crippen LogP contribution in [0.25, 0.3) is 0 Å². The Labute approximate surface area is 160 Å². The van der Waals surface area contributed by atoms with Crippen LogP contribution in [0, 0.1) is 5.82 Å². The Hall–Kier alpha value is -2.31. The fraction of sp³-hybridized carbons (Fsp3) is 0.222. The van der Waals surface area contributed by atoms with E-state index in [4.69, 9.17) is 27.9 Å². The number of nitrogens with one attached hydrogen (secondary N) is 1. The molecule has 0 heterocycles. The number of carbonyl (C=O) groups is 2. The summed E-state index contributed by atoms with van der Waals surface area (Å²) in [4.78, 5) is 25.6. The van der Waals surface area contributed by atoms with Crippen LogP contribution < -0.4 is 15.0 Å². The minimum Gasteiger partial charge on any atom is -0.495 e. The van der Waals surface area contributed by atoms with E-state index < -0.39 is 11.7 Å². The number of anilines is 1. The highest BCUT2D eigenvalue weighted by molar-refractivity contribution is 6.33. The Morgan fingerprint density at radius 1 is 1.23 bits per heavy atom. The average Bonchev–Trinajstić information content (AvgIpc) is 2.58. The van der Waals surface area contributed by atoms with Crippen LogP contribution in [0.4, 0.5) is 10.1 Å². The molecule has 5 nitrogen and oxygen atoms in total. The zero-order valence-corrected chi connectivity index (χ0v) is 15.7. The van der Waals surface area contributed by atoms with Crippen LogP contribution >= 0.6 is 23.2 Å². The van der Waals surface area contributed by atoms with Gasteiger partial charge in [0.1, 0.15) is 11.6 Å². The third-order valence-corrected chi connectivity index (χ3v) is 4.17. The number of nitrogens with zero attached hydrogens (tertiary/aromatic N) is 1. The first kappa shape index (κ1) is 20.0. The van der Waals surface area contributed by atoms with E-state index in [1.165, 1.54) is 31.1 Å². The summed E-state index contributed by atoms with van der Waals surface area (Å²) in [5, 5.41) is 3.01. The topological polar surface area (TPSA) is 58.6 Å². The Morgan fingerprint density at radius 3 is 2.58 bits per heavy atom. The second-order valence-electron chi connectivity index (χ2n) is 5.34. The van der Waals surface area contributed by atoms with Crippen molar-refractivity contribution in [1.82, 2.24) is 5.32 Å². The van der Waals surface area contributed by atoms with E-state index in [0.29, 0.717) is 16.5 Å². The zero-order valence-electron chi connectivity index (χ0n) is 14.2. The van der Waals surface area contributed by atoms with Crippen molar-refractivity contribution >= 4 is 40.7 Å². The van der Waals surface area contributed by atoms with Crippen LogP contribution in [-0.4, -0.2) is 32.0 Å². The molecule has 0 fully saturated rings. The maximum absolute atomic E-state index is 13.8. The van der Waals surface area contributed by atoms with Crippen LogP contribution in [0.3, 0.4) is 0 Å². The Bertz CT molecular complexity index is 810. The zero-order chi connectivity index (χ0) is 19.3. The number of methoxy groups -OCH3 is 1. The van der Waals surface area contributed by atoms with Gasteiger partial charge in [-0.1, -0.05) is 29.3 Å². The molecule has 2 rings (SSSR count). The van der Waals surface area contributed by atoms with E-state index >= 15 is 0 Å². The summed E-state index contributed by atoms with van der Waals surface area (Å²) in [5.74, 6) is -1.17. The summed E-state index contributed by atoms with van der Waals surface area (Å²) in [6.07, 6.45) is 0. The van der Waals surface area contributed by atoms with Crippen molar-refractivity contribution in [3.8, 4) is 5.75 Å². The number of hydrogen-bond acceptors (Lipinski definition) is 3. The van der Waals surface area contributed by atoms with Crippen molar-refractivity contribution in [2.75, 3.05) is 25.1 Å². The smallest absolute Gasteiger partial charge is 0.255 e. The van der Waals surface area contributed by atoms with Gasteiger partial charge in [-0.3, -0.25) is 9.59 Å². The first-order chi connectivity index (χ1) is 12.3. The van der Waals surface area contributed by atoms with E-state index in [9.17, 15) is 14.0 Å². The molecular formula is C18H17Cl2FN2O3. The van der Waals surface area contributed by atoms with Gasteiger partial charge in [0.2, 0.25) is 5.91 Å². The molecule has 0 aliphatic carbocycles. The highest BCUT2D eigenvalue weighted by Gasteiger charge is 2.19. The van der Waals surface area contributed by atoms with Gasteiger partial charge in [0.15, 0.2) is 0 Å². The molecule has 0 aliphatic rings. The summed E-state index contributed by atoms with van der Waals surface area (Å²) >= 11 is 11.9. The highest BCUT2D eigenvalue weighted by Crippen LogP contribution is 2.31. The molecule has 2 aromatic carbocycles. The van der Waals surface area contributed by atoms with Crippen molar-refractivity contribution in [2.45, 2.75) is 6.92 Å². The lowest BCUT2D eigenvalue weighted by molar-refractivity contribution is -0.116.